The summed E-state index contributed by atoms with van der Waals surface area (Å²) >= 11 is 0. The van der Waals surface area contributed by atoms with Crippen molar-refractivity contribution >= 4 is 23.3 Å². The predicted molar refractivity (Wildman–Crippen MR) is 247 cm³/mol. The maximum absolute atomic E-state index is 12.9. The van der Waals surface area contributed by atoms with Crippen LogP contribution in [0.25, 0.3) is 0 Å². The van der Waals surface area contributed by atoms with Crippen LogP contribution in [-0.4, -0.2) is 25.2 Å². The minimum atomic E-state index is -0.686. The molecule has 62 heavy (non-hydrogen) atoms. The number of azo groups is 1. The Morgan fingerprint density at radius 2 is 0.694 bits per heavy atom. The molecule has 0 aliphatic heterocycles. The fraction of sp³-hybridized carbons (Fsp3) is 0.462. The Hall–Kier alpha value is -5.64. The van der Waals surface area contributed by atoms with E-state index in [1.165, 1.54) is 151 Å². The van der Waals surface area contributed by atoms with E-state index in [2.05, 4.69) is 24.1 Å². The Morgan fingerprint density at radius 1 is 0.387 bits per heavy atom. The molecule has 4 aromatic rings. The second-order valence-electron chi connectivity index (χ2n) is 15.7. The molecule has 0 radical (unpaired) electrons. The second kappa shape index (κ2) is 29.6. The van der Waals surface area contributed by atoms with Gasteiger partial charge in [-0.05, 0) is 110 Å². The number of hydrogen-bond acceptors (Lipinski definition) is 10. The molecule has 0 fully saturated rings. The Bertz CT molecular complexity index is 1920. The molecule has 4 rings (SSSR count). The summed E-state index contributed by atoms with van der Waals surface area (Å²) in [6, 6.07) is 24.6. The fourth-order valence-electron chi connectivity index (χ4n) is 6.75. The molecular weight excluding hydrogens is 781 g/mol. The summed E-state index contributed by atoms with van der Waals surface area (Å²) in [5.74, 6) is -0.488. The van der Waals surface area contributed by atoms with E-state index in [0.29, 0.717) is 36.1 Å². The number of unbranched alkanes of at least 4 members (excludes halogenated alkanes) is 18. The first-order valence-corrected chi connectivity index (χ1v) is 23.0. The van der Waals surface area contributed by atoms with Gasteiger partial charge in [0.2, 0.25) is 10.9 Å². The predicted octanol–water partition coefficient (Wildman–Crippen LogP) is 13.9. The smallest absolute Gasteiger partial charge is 0.343 e. The molecule has 0 saturated carbocycles. The van der Waals surface area contributed by atoms with Crippen LogP contribution in [0.2, 0.25) is 0 Å². The summed E-state index contributed by atoms with van der Waals surface area (Å²) in [7, 11) is 0. The molecule has 0 aliphatic carbocycles. The van der Waals surface area contributed by atoms with E-state index < -0.39 is 22.8 Å². The summed E-state index contributed by atoms with van der Waals surface area (Å²) < 4.78 is 22.6. The van der Waals surface area contributed by atoms with Crippen LogP contribution in [0.5, 0.6) is 23.0 Å². The SMILES string of the molecule is CCCCCCCCCCCCOc1ccc(OC(=O)c2ccc(N=Nc3ccc(C(=O)Oc4ccc(OCCCCCCCCCCCC)ccc4=O)cc3)cc2)c(=O)cc1. The maximum Gasteiger partial charge on any atom is 0.343 e. The van der Waals surface area contributed by atoms with Gasteiger partial charge in [-0.1, -0.05) is 129 Å². The van der Waals surface area contributed by atoms with Gasteiger partial charge < -0.3 is 18.9 Å². The van der Waals surface area contributed by atoms with Crippen molar-refractivity contribution in [3.05, 3.63) is 129 Å². The third-order valence-electron chi connectivity index (χ3n) is 10.5. The number of hydrogen-bond donors (Lipinski definition) is 0. The Kier molecular flexibility index (Phi) is 23.4. The lowest BCUT2D eigenvalue weighted by molar-refractivity contribution is 0.0723. The van der Waals surface area contributed by atoms with Crippen molar-refractivity contribution in [3.63, 3.8) is 0 Å². The zero-order chi connectivity index (χ0) is 44.0. The van der Waals surface area contributed by atoms with E-state index in [9.17, 15) is 19.2 Å². The van der Waals surface area contributed by atoms with Crippen molar-refractivity contribution in [2.45, 2.75) is 142 Å². The molecule has 0 spiro atoms. The maximum atomic E-state index is 12.9. The number of carbonyl (C=O) groups excluding carboxylic acids is 2. The molecule has 0 aliphatic rings. The van der Waals surface area contributed by atoms with Crippen molar-refractivity contribution in [2.24, 2.45) is 10.2 Å². The van der Waals surface area contributed by atoms with Crippen LogP contribution < -0.4 is 29.8 Å². The standard InChI is InChI=1S/C52H66N2O8/c1-3-5-7-9-11-13-15-17-19-21-39-59-45-31-35-47(55)49(37-33-45)61-51(57)41-23-27-43(28-24-41)53-54-44-29-25-42(26-30-44)52(58)62-50-38-34-46(32-36-48(50)56)60-40-22-20-18-16-14-12-10-8-6-4-2/h23-38H,3-22,39-40H2,1-2H3. The average molecular weight is 847 g/mol. The third-order valence-corrected chi connectivity index (χ3v) is 10.5. The van der Waals surface area contributed by atoms with Crippen LogP contribution in [0.1, 0.15) is 163 Å². The van der Waals surface area contributed by atoms with Crippen molar-refractivity contribution in [2.75, 3.05) is 13.2 Å². The minimum absolute atomic E-state index is 0.0973. The summed E-state index contributed by atoms with van der Waals surface area (Å²) in [6.07, 6.45) is 24.8. The van der Waals surface area contributed by atoms with Crippen LogP contribution in [0, 0.1) is 0 Å². The number of esters is 2. The molecule has 4 aromatic carbocycles. The zero-order valence-corrected chi connectivity index (χ0v) is 37.0. The minimum Gasteiger partial charge on any atom is -0.494 e. The number of benzene rings is 2. The highest BCUT2D eigenvalue weighted by molar-refractivity contribution is 5.92. The van der Waals surface area contributed by atoms with E-state index in [-0.39, 0.29) is 22.6 Å². The molecule has 332 valence electrons. The van der Waals surface area contributed by atoms with Crippen molar-refractivity contribution < 1.29 is 28.5 Å². The van der Waals surface area contributed by atoms with Crippen LogP contribution in [0.3, 0.4) is 0 Å². The van der Waals surface area contributed by atoms with Gasteiger partial charge in [0.1, 0.15) is 11.5 Å². The van der Waals surface area contributed by atoms with Crippen molar-refractivity contribution in [3.8, 4) is 23.0 Å². The van der Waals surface area contributed by atoms with Crippen LogP contribution in [0.15, 0.2) is 117 Å². The summed E-state index contributed by atoms with van der Waals surface area (Å²) in [6.45, 7) is 5.59. The monoisotopic (exact) mass is 846 g/mol. The zero-order valence-electron chi connectivity index (χ0n) is 37.0. The molecule has 0 aromatic heterocycles. The number of nitrogens with zero attached hydrogens (tertiary/aromatic N) is 2. The first kappa shape index (κ1) is 49.0. The highest BCUT2D eigenvalue weighted by atomic mass is 16.5. The van der Waals surface area contributed by atoms with Gasteiger partial charge in [0.25, 0.3) is 0 Å². The number of carbonyl (C=O) groups is 2. The topological polar surface area (TPSA) is 130 Å². The van der Waals surface area contributed by atoms with Gasteiger partial charge in [0, 0.05) is 0 Å². The number of ether oxygens (including phenoxy) is 4. The summed E-state index contributed by atoms with van der Waals surface area (Å²) in [5.41, 5.74) is 0.534. The molecule has 0 bridgehead atoms. The van der Waals surface area contributed by atoms with E-state index in [1.807, 2.05) is 0 Å². The number of rotatable bonds is 30. The molecular formula is C52H66N2O8. The van der Waals surface area contributed by atoms with Crippen molar-refractivity contribution in [1.29, 1.82) is 0 Å². The van der Waals surface area contributed by atoms with Gasteiger partial charge in [-0.2, -0.15) is 10.2 Å². The molecule has 0 unspecified atom stereocenters. The normalized spacial score (nSPS) is 11.1. The molecule has 0 saturated heterocycles. The van der Waals surface area contributed by atoms with E-state index in [1.54, 1.807) is 48.5 Å². The molecule has 0 heterocycles. The van der Waals surface area contributed by atoms with Crippen LogP contribution in [0.4, 0.5) is 11.4 Å². The largest absolute Gasteiger partial charge is 0.494 e. The van der Waals surface area contributed by atoms with Crippen LogP contribution in [-0.2, 0) is 0 Å². The highest BCUT2D eigenvalue weighted by Crippen LogP contribution is 2.22. The summed E-state index contributed by atoms with van der Waals surface area (Å²) in [4.78, 5) is 51.0. The lowest BCUT2D eigenvalue weighted by Crippen LogP contribution is -2.13. The fourth-order valence-corrected chi connectivity index (χ4v) is 6.75. The first-order chi connectivity index (χ1) is 30.4. The Labute approximate surface area is 368 Å². The van der Waals surface area contributed by atoms with Gasteiger partial charge in [0.05, 0.1) is 35.7 Å². The lowest BCUT2D eigenvalue weighted by Gasteiger charge is -2.05. The average Bonchev–Trinajstić information content (AvgIpc) is 3.57. The molecule has 0 atom stereocenters. The van der Waals surface area contributed by atoms with E-state index in [4.69, 9.17) is 18.9 Å². The lowest BCUT2D eigenvalue weighted by atomic mass is 10.1. The van der Waals surface area contributed by atoms with Gasteiger partial charge in [-0.3, -0.25) is 9.59 Å². The second-order valence-corrected chi connectivity index (χ2v) is 15.7. The molecule has 10 nitrogen and oxygen atoms in total. The van der Waals surface area contributed by atoms with Gasteiger partial charge in [-0.25, -0.2) is 9.59 Å². The Morgan fingerprint density at radius 3 is 1.03 bits per heavy atom. The van der Waals surface area contributed by atoms with E-state index in [0.717, 1.165) is 25.7 Å². The van der Waals surface area contributed by atoms with Crippen molar-refractivity contribution in [1.82, 2.24) is 0 Å². The molecule has 10 heteroatoms. The summed E-state index contributed by atoms with van der Waals surface area (Å²) in [5, 5.41) is 8.43. The first-order valence-electron chi connectivity index (χ1n) is 23.0. The van der Waals surface area contributed by atoms with Gasteiger partial charge >= 0.3 is 11.9 Å². The van der Waals surface area contributed by atoms with E-state index >= 15 is 0 Å². The Balaban J connectivity index is 1.17. The quantitative estimate of drug-likeness (QED) is 0.0288. The van der Waals surface area contributed by atoms with Gasteiger partial charge in [0.15, 0.2) is 11.5 Å². The van der Waals surface area contributed by atoms with Crippen LogP contribution >= 0.6 is 0 Å². The van der Waals surface area contributed by atoms with Gasteiger partial charge in [-0.15, -0.1) is 0 Å². The molecule has 0 amide bonds. The highest BCUT2D eigenvalue weighted by Gasteiger charge is 2.13. The molecule has 0 N–H and O–H groups in total. The third kappa shape index (κ3) is 19.4.